The van der Waals surface area contributed by atoms with Crippen molar-refractivity contribution in [3.8, 4) is 5.75 Å². The zero-order valence-corrected chi connectivity index (χ0v) is 26.5. The quantitative estimate of drug-likeness (QED) is 0.0691. The van der Waals surface area contributed by atoms with E-state index in [2.05, 4.69) is 52.2 Å². The van der Waals surface area contributed by atoms with Crippen LogP contribution in [0.25, 0.3) is 0 Å². The second kappa shape index (κ2) is 15.6. The van der Waals surface area contributed by atoms with Crippen LogP contribution >= 0.6 is 0 Å². The van der Waals surface area contributed by atoms with Gasteiger partial charge in [0.1, 0.15) is 11.4 Å². The molecule has 0 heterocycles. The molecule has 12 heteroatoms. The van der Waals surface area contributed by atoms with Crippen molar-refractivity contribution < 1.29 is 28.4 Å². The number of amides is 2. The minimum Gasteiger partial charge on any atom is -0.491 e. The summed E-state index contributed by atoms with van der Waals surface area (Å²) in [5.74, 6) is -0.638. The zero-order valence-electron chi connectivity index (χ0n) is 25.5. The predicted octanol–water partition coefficient (Wildman–Crippen LogP) is 6.15. The van der Waals surface area contributed by atoms with Crippen LogP contribution in [0.2, 0.25) is 16.6 Å². The van der Waals surface area contributed by atoms with Crippen molar-refractivity contribution in [3.63, 3.8) is 0 Å². The average molecular weight is 581 g/mol. The molecule has 0 aromatic heterocycles. The van der Waals surface area contributed by atoms with Crippen LogP contribution in [0.1, 0.15) is 79.1 Å². The first-order valence-corrected chi connectivity index (χ1v) is 15.9. The molecule has 226 valence electrons. The maximum Gasteiger partial charge on any atom is 0.407 e. The number of hydrogen-bond donors (Lipinski definition) is 3. The first-order valence-electron chi connectivity index (χ1n) is 13.8. The second-order valence-corrected chi connectivity index (χ2v) is 17.1. The number of ether oxygens (including phenoxy) is 2. The second-order valence-electron chi connectivity index (χ2n) is 11.6. The number of rotatable bonds is 16. The number of nitrogens with zero attached hydrogens (tertiary/aromatic N) is 1. The van der Waals surface area contributed by atoms with Crippen molar-refractivity contribution >= 4 is 31.7 Å². The van der Waals surface area contributed by atoms with Crippen LogP contribution in [0.4, 0.5) is 16.2 Å². The van der Waals surface area contributed by atoms with Gasteiger partial charge in [-0.25, -0.2) is 4.79 Å². The van der Waals surface area contributed by atoms with E-state index in [9.17, 15) is 19.7 Å². The Morgan fingerprint density at radius 3 is 2.10 bits per heavy atom. The molecule has 1 aromatic rings. The van der Waals surface area contributed by atoms with Crippen LogP contribution in [0.3, 0.4) is 0 Å². The van der Waals surface area contributed by atoms with Crippen LogP contribution in [0.5, 0.6) is 5.75 Å². The molecule has 40 heavy (non-hydrogen) atoms. The van der Waals surface area contributed by atoms with Crippen molar-refractivity contribution in [2.24, 2.45) is 5.73 Å². The molecule has 0 unspecified atom stereocenters. The highest BCUT2D eigenvalue weighted by molar-refractivity contribution is 6.77. The number of primary amides is 1. The Balaban J connectivity index is 2.95. The average Bonchev–Trinajstić information content (AvgIpc) is 2.81. The topological polar surface area (TPSA) is 155 Å². The molecule has 0 bridgehead atoms. The third kappa shape index (κ3) is 10.5. The number of nitro groups is 1. The molecular formula is C28H48N4O7Si. The number of nitro benzene ring substituents is 1. The van der Waals surface area contributed by atoms with Crippen molar-refractivity contribution in [3.05, 3.63) is 40.0 Å². The Kier molecular flexibility index (Phi) is 13.6. The molecule has 2 amide bonds. The predicted molar refractivity (Wildman–Crippen MR) is 161 cm³/mol. The van der Waals surface area contributed by atoms with Crippen LogP contribution in [-0.4, -0.2) is 57.1 Å². The fourth-order valence-electron chi connectivity index (χ4n) is 4.95. The molecule has 0 saturated heterocycles. The maximum atomic E-state index is 11.8. The van der Waals surface area contributed by atoms with Gasteiger partial charge in [0.15, 0.2) is 14.0 Å². The molecule has 1 aromatic carbocycles. The van der Waals surface area contributed by atoms with Crippen LogP contribution < -0.4 is 21.1 Å². The summed E-state index contributed by atoms with van der Waals surface area (Å²) < 4.78 is 17.7. The molecule has 0 spiro atoms. The van der Waals surface area contributed by atoms with Gasteiger partial charge in [0, 0.05) is 37.7 Å². The third-order valence-electron chi connectivity index (χ3n) is 6.49. The molecule has 0 saturated carbocycles. The van der Waals surface area contributed by atoms with Gasteiger partial charge in [-0.1, -0.05) is 53.7 Å². The summed E-state index contributed by atoms with van der Waals surface area (Å²) in [4.78, 5) is 34.8. The summed E-state index contributed by atoms with van der Waals surface area (Å²) in [6.07, 6.45) is 3.42. The molecule has 0 atom stereocenters. The van der Waals surface area contributed by atoms with Gasteiger partial charge in [-0.2, -0.15) is 0 Å². The van der Waals surface area contributed by atoms with Crippen molar-refractivity contribution in [1.82, 2.24) is 5.32 Å². The Morgan fingerprint density at radius 1 is 1.02 bits per heavy atom. The van der Waals surface area contributed by atoms with Gasteiger partial charge >= 0.3 is 6.09 Å². The molecule has 0 radical (unpaired) electrons. The highest BCUT2D eigenvalue weighted by Crippen LogP contribution is 2.42. The number of carbonyl (C=O) groups is 2. The van der Waals surface area contributed by atoms with Gasteiger partial charge in [-0.3, -0.25) is 14.9 Å². The molecule has 11 nitrogen and oxygen atoms in total. The van der Waals surface area contributed by atoms with Crippen molar-refractivity contribution in [1.29, 1.82) is 0 Å². The van der Waals surface area contributed by atoms with Crippen LogP contribution in [0, 0.1) is 10.1 Å². The van der Waals surface area contributed by atoms with E-state index in [1.165, 1.54) is 6.07 Å². The van der Waals surface area contributed by atoms with Gasteiger partial charge in [0.05, 0.1) is 11.5 Å². The van der Waals surface area contributed by atoms with E-state index >= 15 is 0 Å². The van der Waals surface area contributed by atoms with E-state index in [1.54, 1.807) is 32.9 Å². The number of carbonyl (C=O) groups excluding carboxylic acids is 2. The Labute approximate surface area is 239 Å². The van der Waals surface area contributed by atoms with Gasteiger partial charge in [-0.05, 0) is 43.5 Å². The fraction of sp³-hybridized carbons (Fsp3) is 0.643. The minimum atomic E-state index is -2.02. The number of hydrogen-bond acceptors (Lipinski definition) is 8. The van der Waals surface area contributed by atoms with Gasteiger partial charge < -0.3 is 30.3 Å². The standard InChI is InChI=1S/C28H48N4O7Si/c1-19(2)40(20(3)4,21(5)6)38-16-12-15-37-24-18-22(26(29)33)17-23(32(35)36)25(24)30-13-10-11-14-31-27(34)39-28(7,8)9/h10-11,17-21,30H,12-16H2,1-9H3,(H2,29,33)(H,31,34)/b11-10+. The fourth-order valence-corrected chi connectivity index (χ4v) is 10.5. The minimum absolute atomic E-state index is 0.0218. The van der Waals surface area contributed by atoms with E-state index in [-0.39, 0.29) is 42.4 Å². The molecule has 1 rings (SSSR count). The molecule has 0 aliphatic carbocycles. The first kappa shape index (κ1) is 34.9. The molecular weight excluding hydrogens is 532 g/mol. The number of alkyl carbamates (subject to hydrolysis) is 1. The lowest BCUT2D eigenvalue weighted by Crippen LogP contribution is -2.48. The summed E-state index contributed by atoms with van der Waals surface area (Å²) >= 11 is 0. The lowest BCUT2D eigenvalue weighted by Gasteiger charge is -2.42. The summed E-state index contributed by atoms with van der Waals surface area (Å²) in [5, 5.41) is 17.4. The Hall–Kier alpha value is -3.12. The van der Waals surface area contributed by atoms with Gasteiger partial charge in [-0.15, -0.1) is 0 Å². The van der Waals surface area contributed by atoms with E-state index in [4.69, 9.17) is 19.6 Å². The molecule has 0 fully saturated rings. The summed E-state index contributed by atoms with van der Waals surface area (Å²) in [6.45, 7) is 19.8. The SMILES string of the molecule is CC(C)[Si](OCCCOc1cc(C(N)=O)cc([N+](=O)[O-])c1NC/C=C/CNC(=O)OC(C)(C)C)(C(C)C)C(C)C. The highest BCUT2D eigenvalue weighted by atomic mass is 28.4. The number of nitrogens with one attached hydrogen (secondary N) is 2. The smallest absolute Gasteiger partial charge is 0.407 e. The Morgan fingerprint density at radius 2 is 1.60 bits per heavy atom. The third-order valence-corrected chi connectivity index (χ3v) is 12.6. The van der Waals surface area contributed by atoms with E-state index in [0.717, 1.165) is 6.07 Å². The number of nitrogens with two attached hydrogens (primary N) is 1. The zero-order chi connectivity index (χ0) is 30.7. The van der Waals surface area contributed by atoms with E-state index in [0.29, 0.717) is 29.7 Å². The maximum absolute atomic E-state index is 11.8. The summed E-state index contributed by atoms with van der Waals surface area (Å²) in [5.41, 5.74) is 5.96. The number of anilines is 1. The lowest BCUT2D eigenvalue weighted by atomic mass is 10.1. The van der Waals surface area contributed by atoms with Gasteiger partial charge in [0.25, 0.3) is 5.69 Å². The largest absolute Gasteiger partial charge is 0.491 e. The Bertz CT molecular complexity index is 1010. The normalized spacial score (nSPS) is 12.3. The molecule has 0 aliphatic rings. The lowest BCUT2D eigenvalue weighted by molar-refractivity contribution is -0.384. The number of benzene rings is 1. The molecule has 4 N–H and O–H groups in total. The van der Waals surface area contributed by atoms with E-state index in [1.807, 2.05) is 0 Å². The van der Waals surface area contributed by atoms with Crippen LogP contribution in [-0.2, 0) is 9.16 Å². The van der Waals surface area contributed by atoms with E-state index < -0.39 is 30.8 Å². The highest BCUT2D eigenvalue weighted by Gasteiger charge is 2.44. The summed E-state index contributed by atoms with van der Waals surface area (Å²) in [7, 11) is -2.02. The van der Waals surface area contributed by atoms with Crippen molar-refractivity contribution in [2.45, 2.75) is 91.0 Å². The van der Waals surface area contributed by atoms with Gasteiger partial charge in [0.2, 0.25) is 5.91 Å². The summed E-state index contributed by atoms with van der Waals surface area (Å²) in [6, 6.07) is 2.53. The van der Waals surface area contributed by atoms with Crippen molar-refractivity contribution in [2.75, 3.05) is 31.6 Å². The first-order chi connectivity index (χ1) is 18.5. The monoisotopic (exact) mass is 580 g/mol. The van der Waals surface area contributed by atoms with Crippen LogP contribution in [0.15, 0.2) is 24.3 Å². The molecule has 0 aliphatic heterocycles.